The van der Waals surface area contributed by atoms with Crippen molar-refractivity contribution in [2.24, 2.45) is 0 Å². The molecule has 5 N–H and O–H groups in total. The zero-order valence-electron chi connectivity index (χ0n) is 10.5. The number of aromatic nitrogens is 2. The van der Waals surface area contributed by atoms with Crippen molar-refractivity contribution in [3.05, 3.63) is 6.07 Å². The highest BCUT2D eigenvalue weighted by atomic mass is 32.2. The number of anilines is 2. The summed E-state index contributed by atoms with van der Waals surface area (Å²) in [5, 5.41) is 3.23. The third-order valence-electron chi connectivity index (χ3n) is 2.63. The first-order valence-electron chi connectivity index (χ1n) is 6.04. The Hall–Kier alpha value is -1.54. The first-order valence-corrected chi connectivity index (χ1v) is 7.03. The number of nitrogen functional groups attached to an aromatic ring is 2. The topological polar surface area (TPSA) is 116 Å². The predicted octanol–water partition coefficient (Wildman–Crippen LogP) is 0.0283. The van der Waals surface area contributed by atoms with Crippen molar-refractivity contribution >= 4 is 29.3 Å². The second-order valence-electron chi connectivity index (χ2n) is 4.23. The lowest BCUT2D eigenvalue weighted by atomic mass is 10.2. The summed E-state index contributed by atoms with van der Waals surface area (Å²) in [6, 6.07) is 1.47. The van der Waals surface area contributed by atoms with Crippen LogP contribution in [0.15, 0.2) is 11.2 Å². The van der Waals surface area contributed by atoms with Gasteiger partial charge < -0.3 is 21.5 Å². The number of thioether (sulfide) groups is 1. The molecule has 7 nitrogen and oxygen atoms in total. The fraction of sp³-hybridized carbons (Fsp3) is 0.545. The number of amides is 1. The normalized spacial score (nSPS) is 18.4. The van der Waals surface area contributed by atoms with Crippen LogP contribution in [0.2, 0.25) is 0 Å². The second kappa shape index (κ2) is 6.58. The minimum atomic E-state index is -0.0786. The molecule has 1 aromatic heterocycles. The Morgan fingerprint density at radius 2 is 2.21 bits per heavy atom. The van der Waals surface area contributed by atoms with Crippen molar-refractivity contribution < 1.29 is 9.53 Å². The lowest BCUT2D eigenvalue weighted by Gasteiger charge is -2.10. The average Bonchev–Trinajstić information content (AvgIpc) is 2.86. The summed E-state index contributed by atoms with van der Waals surface area (Å²) < 4.78 is 5.42. The Bertz CT molecular complexity index is 430. The molecule has 1 atom stereocenters. The molecule has 1 aromatic rings. The monoisotopic (exact) mass is 283 g/mol. The molecule has 1 amide bonds. The molecule has 0 aromatic carbocycles. The minimum Gasteiger partial charge on any atom is -0.383 e. The molecule has 0 unspecified atom stereocenters. The number of hydrogen-bond acceptors (Lipinski definition) is 7. The number of nitrogens with zero attached hydrogens (tertiary/aromatic N) is 2. The van der Waals surface area contributed by atoms with Crippen LogP contribution < -0.4 is 16.8 Å². The van der Waals surface area contributed by atoms with Crippen LogP contribution >= 0.6 is 11.8 Å². The minimum absolute atomic E-state index is 0.0786. The van der Waals surface area contributed by atoms with Crippen LogP contribution in [-0.2, 0) is 9.53 Å². The molecule has 2 heterocycles. The molecule has 0 radical (unpaired) electrons. The Kier molecular flexibility index (Phi) is 4.80. The van der Waals surface area contributed by atoms with Gasteiger partial charge in [-0.3, -0.25) is 4.79 Å². The third kappa shape index (κ3) is 4.56. The fourth-order valence-electron chi connectivity index (χ4n) is 1.74. The second-order valence-corrected chi connectivity index (χ2v) is 5.17. The van der Waals surface area contributed by atoms with Gasteiger partial charge in [-0.2, -0.15) is 0 Å². The van der Waals surface area contributed by atoms with Gasteiger partial charge in [0.2, 0.25) is 5.91 Å². The van der Waals surface area contributed by atoms with E-state index in [0.717, 1.165) is 19.4 Å². The standard InChI is InChI=1S/C11H17N5O2S/c12-8-4-9(13)16-11(15-8)19-6-10(17)14-5-7-2-1-3-18-7/h4,7H,1-3,5-6H2,(H,14,17)(H4,12,13,15,16)/t7-/m0/s1. The van der Waals surface area contributed by atoms with Gasteiger partial charge in [-0.1, -0.05) is 11.8 Å². The van der Waals surface area contributed by atoms with Crippen molar-refractivity contribution in [3.8, 4) is 0 Å². The van der Waals surface area contributed by atoms with Crippen LogP contribution in [0.5, 0.6) is 0 Å². The maximum absolute atomic E-state index is 11.6. The lowest BCUT2D eigenvalue weighted by molar-refractivity contribution is -0.119. The molecule has 0 bridgehead atoms. The van der Waals surface area contributed by atoms with E-state index in [2.05, 4.69) is 15.3 Å². The number of nitrogens with one attached hydrogen (secondary N) is 1. The highest BCUT2D eigenvalue weighted by molar-refractivity contribution is 7.99. The van der Waals surface area contributed by atoms with E-state index in [-0.39, 0.29) is 17.8 Å². The average molecular weight is 283 g/mol. The van der Waals surface area contributed by atoms with Gasteiger partial charge in [-0.05, 0) is 12.8 Å². The molecule has 19 heavy (non-hydrogen) atoms. The van der Waals surface area contributed by atoms with Crippen LogP contribution in [0, 0.1) is 0 Å². The van der Waals surface area contributed by atoms with Crippen LogP contribution in [0.1, 0.15) is 12.8 Å². The summed E-state index contributed by atoms with van der Waals surface area (Å²) in [6.07, 6.45) is 2.21. The summed E-state index contributed by atoms with van der Waals surface area (Å²) in [5.41, 5.74) is 11.1. The number of rotatable bonds is 5. The smallest absolute Gasteiger partial charge is 0.230 e. The van der Waals surface area contributed by atoms with Gasteiger partial charge in [-0.25, -0.2) is 9.97 Å². The molecule has 0 spiro atoms. The maximum atomic E-state index is 11.6. The van der Waals surface area contributed by atoms with E-state index in [4.69, 9.17) is 16.2 Å². The molecule has 0 saturated carbocycles. The summed E-state index contributed by atoms with van der Waals surface area (Å²) in [6.45, 7) is 1.34. The molecule has 2 rings (SSSR count). The van der Waals surface area contributed by atoms with E-state index in [1.54, 1.807) is 0 Å². The molecule has 1 saturated heterocycles. The van der Waals surface area contributed by atoms with Crippen LogP contribution in [0.25, 0.3) is 0 Å². The van der Waals surface area contributed by atoms with Crippen molar-refractivity contribution in [1.29, 1.82) is 0 Å². The number of carbonyl (C=O) groups is 1. The highest BCUT2D eigenvalue weighted by Gasteiger charge is 2.16. The third-order valence-corrected chi connectivity index (χ3v) is 3.48. The molecule has 104 valence electrons. The zero-order chi connectivity index (χ0) is 13.7. The molecule has 0 aliphatic carbocycles. The molecule has 1 fully saturated rings. The summed E-state index contributed by atoms with van der Waals surface area (Å²) in [4.78, 5) is 19.6. The summed E-state index contributed by atoms with van der Waals surface area (Å²) in [7, 11) is 0. The molecular weight excluding hydrogens is 266 g/mol. The molecule has 1 aliphatic rings. The van der Waals surface area contributed by atoms with E-state index in [1.165, 1.54) is 17.8 Å². The van der Waals surface area contributed by atoms with Gasteiger partial charge in [0.05, 0.1) is 11.9 Å². The quantitative estimate of drug-likeness (QED) is 0.515. The Morgan fingerprint density at radius 1 is 1.47 bits per heavy atom. The van der Waals surface area contributed by atoms with E-state index in [1.807, 2.05) is 0 Å². The Labute approximate surface area is 115 Å². The Balaban J connectivity index is 1.73. The molecular formula is C11H17N5O2S. The lowest BCUT2D eigenvalue weighted by Crippen LogP contribution is -2.32. The zero-order valence-corrected chi connectivity index (χ0v) is 11.3. The van der Waals surface area contributed by atoms with Gasteiger partial charge in [0.25, 0.3) is 0 Å². The van der Waals surface area contributed by atoms with Crippen LogP contribution in [-0.4, -0.2) is 40.9 Å². The number of carbonyl (C=O) groups excluding carboxylic acids is 1. The van der Waals surface area contributed by atoms with Crippen LogP contribution in [0.3, 0.4) is 0 Å². The van der Waals surface area contributed by atoms with Crippen LogP contribution in [0.4, 0.5) is 11.6 Å². The van der Waals surface area contributed by atoms with Crippen molar-refractivity contribution in [2.75, 3.05) is 30.4 Å². The van der Waals surface area contributed by atoms with Crippen molar-refractivity contribution in [2.45, 2.75) is 24.1 Å². The van der Waals surface area contributed by atoms with Gasteiger partial charge in [0.15, 0.2) is 5.16 Å². The molecule has 1 aliphatic heterocycles. The SMILES string of the molecule is Nc1cc(N)nc(SCC(=O)NC[C@@H]2CCCO2)n1. The molecule has 8 heteroatoms. The number of hydrogen-bond donors (Lipinski definition) is 3. The van der Waals surface area contributed by atoms with E-state index >= 15 is 0 Å². The Morgan fingerprint density at radius 3 is 2.84 bits per heavy atom. The van der Waals surface area contributed by atoms with Gasteiger partial charge in [0.1, 0.15) is 11.6 Å². The first kappa shape index (κ1) is 13.9. The van der Waals surface area contributed by atoms with E-state index in [9.17, 15) is 4.79 Å². The van der Waals surface area contributed by atoms with Gasteiger partial charge >= 0.3 is 0 Å². The van der Waals surface area contributed by atoms with Crippen molar-refractivity contribution in [3.63, 3.8) is 0 Å². The van der Waals surface area contributed by atoms with E-state index in [0.29, 0.717) is 23.3 Å². The predicted molar refractivity (Wildman–Crippen MR) is 73.6 cm³/mol. The first-order chi connectivity index (χ1) is 9.13. The van der Waals surface area contributed by atoms with Gasteiger partial charge in [-0.15, -0.1) is 0 Å². The van der Waals surface area contributed by atoms with Crippen molar-refractivity contribution in [1.82, 2.24) is 15.3 Å². The number of nitrogens with two attached hydrogens (primary N) is 2. The highest BCUT2D eigenvalue weighted by Crippen LogP contribution is 2.16. The van der Waals surface area contributed by atoms with Gasteiger partial charge in [0, 0.05) is 19.2 Å². The van der Waals surface area contributed by atoms with E-state index < -0.39 is 0 Å². The summed E-state index contributed by atoms with van der Waals surface area (Å²) >= 11 is 1.20. The summed E-state index contributed by atoms with van der Waals surface area (Å²) in [5.74, 6) is 0.755. The fourth-order valence-corrected chi connectivity index (χ4v) is 2.44. The maximum Gasteiger partial charge on any atom is 0.230 e. The largest absolute Gasteiger partial charge is 0.383 e. The number of ether oxygens (including phenoxy) is 1.